The maximum absolute atomic E-state index is 15.0. The van der Waals surface area contributed by atoms with Crippen molar-refractivity contribution in [2.24, 2.45) is 28.3 Å². The molecule has 448 valence electrons. The van der Waals surface area contributed by atoms with Crippen LogP contribution >= 0.6 is 0 Å². The molecule has 0 aliphatic carbocycles. The lowest BCUT2D eigenvalue weighted by Gasteiger charge is -2.35. The number of carbonyl (C=O) groups is 8. The van der Waals surface area contributed by atoms with E-state index in [4.69, 9.17) is 16.2 Å². The number of phenols is 3. The molecular weight excluding hydrogens is 1070 g/mol. The molecule has 1 aliphatic rings. The number of aliphatic hydroxyl groups excluding tert-OH is 1. The predicted octanol–water partition coefficient (Wildman–Crippen LogP) is 1.65. The second kappa shape index (κ2) is 31.5. The lowest BCUT2D eigenvalue weighted by atomic mass is 9.95. The van der Waals surface area contributed by atoms with Gasteiger partial charge in [0.05, 0.1) is 0 Å². The van der Waals surface area contributed by atoms with Crippen molar-refractivity contribution in [3.05, 3.63) is 125 Å². The van der Waals surface area contributed by atoms with Crippen LogP contribution in [0.1, 0.15) is 89.0 Å². The summed E-state index contributed by atoms with van der Waals surface area (Å²) in [5.41, 5.74) is 13.5. The highest BCUT2D eigenvalue weighted by molar-refractivity contribution is 5.98. The number of nitrogens with one attached hydrogen (secondary N) is 6. The number of aromatic hydroxyl groups is 3. The second-order valence-corrected chi connectivity index (χ2v) is 21.3. The van der Waals surface area contributed by atoms with Crippen molar-refractivity contribution < 1.29 is 63.5 Å². The van der Waals surface area contributed by atoms with Crippen molar-refractivity contribution in [3.63, 3.8) is 0 Å². The number of aliphatic imine (C=N–C) groups is 1. The van der Waals surface area contributed by atoms with Crippen molar-refractivity contribution in [3.8, 4) is 17.2 Å². The lowest BCUT2D eigenvalue weighted by molar-refractivity contribution is -0.156. The van der Waals surface area contributed by atoms with Gasteiger partial charge in [-0.2, -0.15) is 0 Å². The van der Waals surface area contributed by atoms with Crippen molar-refractivity contribution in [2.75, 3.05) is 13.6 Å². The number of likely N-dealkylation sites (N-methyl/N-ethyl adjacent to an activating group) is 1. The predicted molar refractivity (Wildman–Crippen MR) is 309 cm³/mol. The largest absolute Gasteiger partial charge is 0.508 e. The van der Waals surface area contributed by atoms with Gasteiger partial charge >= 0.3 is 5.97 Å². The van der Waals surface area contributed by atoms with E-state index in [0.717, 1.165) is 5.56 Å². The smallest absolute Gasteiger partial charge is 0.329 e. The Labute approximate surface area is 483 Å². The molecule has 5 rings (SSSR count). The summed E-state index contributed by atoms with van der Waals surface area (Å²) in [5.74, 6) is -8.69. The van der Waals surface area contributed by atoms with Crippen molar-refractivity contribution in [1.29, 1.82) is 0 Å². The molecule has 0 radical (unpaired) electrons. The number of carbonyl (C=O) groups excluding carboxylic acids is 8. The molecule has 83 heavy (non-hydrogen) atoms. The number of hydrogen-bond donors (Lipinski definition) is 12. The summed E-state index contributed by atoms with van der Waals surface area (Å²) in [4.78, 5) is 123. The van der Waals surface area contributed by atoms with Gasteiger partial charge in [-0.15, -0.1) is 0 Å². The third-order valence-corrected chi connectivity index (χ3v) is 14.5. The van der Waals surface area contributed by atoms with Gasteiger partial charge < -0.3 is 73.4 Å². The summed E-state index contributed by atoms with van der Waals surface area (Å²) >= 11 is 0. The van der Waals surface area contributed by atoms with Crippen LogP contribution in [0.15, 0.2) is 108 Å². The van der Waals surface area contributed by atoms with E-state index >= 15 is 4.79 Å². The minimum Gasteiger partial charge on any atom is -0.508 e. The van der Waals surface area contributed by atoms with Crippen LogP contribution in [0.25, 0.3) is 0 Å². The zero-order chi connectivity index (χ0) is 60.9. The van der Waals surface area contributed by atoms with Gasteiger partial charge in [0, 0.05) is 32.9 Å². The van der Waals surface area contributed by atoms with Crippen LogP contribution < -0.4 is 43.4 Å². The van der Waals surface area contributed by atoms with Crippen LogP contribution in [0.4, 0.5) is 0 Å². The lowest BCUT2D eigenvalue weighted by Crippen LogP contribution is -2.63. The molecular formula is C60H80N10O13. The molecule has 0 bridgehead atoms. The number of rotatable bonds is 21. The fourth-order valence-corrected chi connectivity index (χ4v) is 9.33. The molecule has 0 spiro atoms. The molecule has 23 nitrogen and oxygen atoms in total. The Morgan fingerprint density at radius 3 is 1.81 bits per heavy atom. The number of cyclic esters (lactones) is 1. The second-order valence-electron chi connectivity index (χ2n) is 21.3. The van der Waals surface area contributed by atoms with Crippen LogP contribution in [0, 0.1) is 11.8 Å². The maximum atomic E-state index is 15.0. The zero-order valence-corrected chi connectivity index (χ0v) is 47.7. The normalized spacial score (nSPS) is 21.5. The quantitative estimate of drug-likeness (QED) is 0.0244. The molecule has 1 saturated heterocycles. The van der Waals surface area contributed by atoms with Crippen LogP contribution in [0.5, 0.6) is 17.2 Å². The number of hydrogen-bond acceptors (Lipinski definition) is 14. The number of guanidine groups is 1. The molecule has 10 atom stereocenters. The number of aryl methyl sites for hydroxylation is 1. The van der Waals surface area contributed by atoms with Crippen molar-refractivity contribution in [1.82, 2.24) is 36.8 Å². The van der Waals surface area contributed by atoms with Crippen molar-refractivity contribution in [2.45, 2.75) is 147 Å². The van der Waals surface area contributed by atoms with Crippen molar-refractivity contribution >= 4 is 53.3 Å². The summed E-state index contributed by atoms with van der Waals surface area (Å²) in [5, 5.41) is 57.1. The van der Waals surface area contributed by atoms with E-state index in [1.54, 1.807) is 63.2 Å². The first-order chi connectivity index (χ1) is 39.4. The van der Waals surface area contributed by atoms with Gasteiger partial charge in [0.1, 0.15) is 71.7 Å². The minimum absolute atomic E-state index is 0.000340. The monoisotopic (exact) mass is 1150 g/mol. The third kappa shape index (κ3) is 20.0. The van der Waals surface area contributed by atoms with Gasteiger partial charge in [-0.05, 0) is 110 Å². The molecule has 1 heterocycles. The highest BCUT2D eigenvalue weighted by Crippen LogP contribution is 2.20. The molecule has 0 aromatic heterocycles. The summed E-state index contributed by atoms with van der Waals surface area (Å²) in [6.45, 7) is 8.14. The average molecular weight is 1150 g/mol. The molecule has 14 N–H and O–H groups in total. The fraction of sp³-hybridized carbons (Fsp3) is 0.450. The van der Waals surface area contributed by atoms with Crippen LogP contribution in [-0.2, 0) is 68.8 Å². The van der Waals surface area contributed by atoms with Gasteiger partial charge in [0.2, 0.25) is 41.4 Å². The number of nitrogens with two attached hydrogens (primary N) is 2. The Bertz CT molecular complexity index is 2850. The van der Waals surface area contributed by atoms with Crippen LogP contribution in [-0.4, -0.2) is 147 Å². The average Bonchev–Trinajstić information content (AvgIpc) is 3.52. The van der Waals surface area contributed by atoms with E-state index in [0.29, 0.717) is 36.0 Å². The Morgan fingerprint density at radius 1 is 0.675 bits per heavy atom. The number of benzene rings is 4. The first-order valence-corrected chi connectivity index (χ1v) is 27.8. The molecule has 7 amide bonds. The fourth-order valence-electron chi connectivity index (χ4n) is 9.33. The summed E-state index contributed by atoms with van der Waals surface area (Å²) in [7, 11) is 1.38. The van der Waals surface area contributed by atoms with E-state index in [-0.39, 0.29) is 68.3 Å². The summed E-state index contributed by atoms with van der Waals surface area (Å²) in [6, 6.07) is 16.6. The molecule has 4 aromatic rings. The first-order valence-electron chi connectivity index (χ1n) is 27.8. The Kier molecular flexibility index (Phi) is 24.7. The molecule has 1 aliphatic heterocycles. The SMILES string of the molecule is CC[C@@H](C)[C@@H]1NC(=O)C(Cc2ccccc2)N(C)C(=O)[C@H](C(C)C)NC(=O)[C@@H](NC(=O)[C@H](CCCN=C(N)N)NC(=O)[C@H](O)Cc2ccc(O)cc2)[C@@H](C)OC(=O)[C@H](Cc2ccc(O)cc2)NC(=O)C(CCCc2ccc(O)cc2)NC1=O. The summed E-state index contributed by atoms with van der Waals surface area (Å²) < 4.78 is 6.04. The number of ether oxygens (including phenoxy) is 1. The third-order valence-electron chi connectivity index (χ3n) is 14.5. The van der Waals surface area contributed by atoms with Crippen LogP contribution in [0.3, 0.4) is 0 Å². The topological polar surface area (TPSA) is 367 Å². The number of phenolic OH excluding ortho intramolecular Hbond substituents is 3. The summed E-state index contributed by atoms with van der Waals surface area (Å²) in [6.07, 6.45) is -2.80. The van der Waals surface area contributed by atoms with E-state index in [1.165, 1.54) is 79.5 Å². The van der Waals surface area contributed by atoms with Gasteiger partial charge in [-0.1, -0.05) is 101 Å². The van der Waals surface area contributed by atoms with E-state index in [9.17, 15) is 54.0 Å². The molecule has 4 aromatic carbocycles. The maximum Gasteiger partial charge on any atom is 0.329 e. The number of amides is 7. The van der Waals surface area contributed by atoms with Gasteiger partial charge in [-0.3, -0.25) is 38.6 Å². The van der Waals surface area contributed by atoms with Gasteiger partial charge in [0.15, 0.2) is 5.96 Å². The first kappa shape index (κ1) is 65.1. The molecule has 0 saturated carbocycles. The number of esters is 1. The van der Waals surface area contributed by atoms with E-state index in [1.807, 2.05) is 6.92 Å². The highest BCUT2D eigenvalue weighted by Gasteiger charge is 2.41. The molecule has 23 heteroatoms. The molecule has 2 unspecified atom stereocenters. The number of aliphatic hydroxyl groups is 1. The van der Waals surface area contributed by atoms with Crippen LogP contribution in [0.2, 0.25) is 0 Å². The van der Waals surface area contributed by atoms with E-state index < -0.39 is 114 Å². The Balaban J connectivity index is 1.62. The minimum atomic E-state index is -1.86. The standard InChI is InChI=1S/C60H80N10O13/c1-7-35(4)50-56(79)65-44(16-11-15-37-18-24-41(71)25-19-37)52(75)66-46(31-39-20-26-42(72)27-21-39)59(82)83-36(5)51(57(80)67-49(34(2)3)58(81)70(6)47(54(77)68-50)32-38-13-9-8-10-14-38)69-53(76)45(17-12-30-63-60(61)62)64-55(78)48(74)33-40-22-28-43(73)29-23-40/h8-10,13-14,18-29,34-36,44-51,71-74H,7,11-12,15-17,30-33H2,1-6H3,(H,64,78)(H,65,79)(H,66,75)(H,67,80)(H,68,77)(H,69,76)(H4,61,62,63)/t35-,36-,44?,45+,46+,47?,48-,49+,50+,51+/m1/s1. The Morgan fingerprint density at radius 2 is 1.23 bits per heavy atom. The Hall–Kier alpha value is -8.73. The van der Waals surface area contributed by atoms with E-state index in [2.05, 4.69) is 36.9 Å². The molecule has 1 fully saturated rings. The number of nitrogens with zero attached hydrogens (tertiary/aromatic N) is 2. The zero-order valence-electron chi connectivity index (χ0n) is 47.7. The van der Waals surface area contributed by atoms with Gasteiger partial charge in [-0.25, -0.2) is 4.79 Å². The van der Waals surface area contributed by atoms with Gasteiger partial charge in [0.25, 0.3) is 0 Å². The highest BCUT2D eigenvalue weighted by atomic mass is 16.5.